The van der Waals surface area contributed by atoms with Gasteiger partial charge in [-0.1, -0.05) is 29.3 Å². The fourth-order valence-corrected chi connectivity index (χ4v) is 1.61. The second kappa shape index (κ2) is 4.60. The van der Waals surface area contributed by atoms with Crippen molar-refractivity contribution in [3.05, 3.63) is 46.4 Å². The minimum atomic E-state index is 0.391. The van der Waals surface area contributed by atoms with Crippen molar-refractivity contribution in [3.63, 3.8) is 0 Å². The van der Waals surface area contributed by atoms with Gasteiger partial charge in [0.1, 0.15) is 11.6 Å². The van der Waals surface area contributed by atoms with Crippen LogP contribution in [0, 0.1) is 0 Å². The van der Waals surface area contributed by atoms with E-state index in [4.69, 9.17) is 33.7 Å². The minimum Gasteiger partial charge on any atom is -0.437 e. The standard InChI is InChI=1S/C11H8Cl2N2O/c12-7-4-5-9(8(13)6-7)16-11-3-1-2-10(14)15-11/h1-6H,(H2,14,15). The number of nitrogens with two attached hydrogens (primary N) is 1. The molecule has 2 rings (SSSR count). The molecule has 1 aromatic heterocycles. The Morgan fingerprint density at radius 1 is 1.12 bits per heavy atom. The van der Waals surface area contributed by atoms with Crippen LogP contribution in [0.4, 0.5) is 5.82 Å². The summed E-state index contributed by atoms with van der Waals surface area (Å²) in [6.07, 6.45) is 0. The predicted molar refractivity (Wildman–Crippen MR) is 65.2 cm³/mol. The Balaban J connectivity index is 2.27. The van der Waals surface area contributed by atoms with Crippen molar-refractivity contribution in [1.82, 2.24) is 4.98 Å². The summed E-state index contributed by atoms with van der Waals surface area (Å²) < 4.78 is 5.46. The molecule has 0 amide bonds. The van der Waals surface area contributed by atoms with E-state index in [1.807, 2.05) is 0 Å². The first-order valence-corrected chi connectivity index (χ1v) is 5.26. The van der Waals surface area contributed by atoms with Crippen molar-refractivity contribution < 1.29 is 4.74 Å². The number of nitrogen functional groups attached to an aromatic ring is 1. The third-order valence-corrected chi connectivity index (χ3v) is 2.38. The molecular weight excluding hydrogens is 247 g/mol. The van der Waals surface area contributed by atoms with Gasteiger partial charge < -0.3 is 10.5 Å². The van der Waals surface area contributed by atoms with Crippen LogP contribution < -0.4 is 10.5 Å². The van der Waals surface area contributed by atoms with E-state index in [1.165, 1.54) is 0 Å². The number of halogens is 2. The number of pyridine rings is 1. The first-order valence-electron chi connectivity index (χ1n) is 4.50. The van der Waals surface area contributed by atoms with Crippen LogP contribution in [-0.2, 0) is 0 Å². The SMILES string of the molecule is Nc1cccc(Oc2ccc(Cl)cc2Cl)n1. The first kappa shape index (κ1) is 11.0. The summed E-state index contributed by atoms with van der Waals surface area (Å²) in [7, 11) is 0. The van der Waals surface area contributed by atoms with Crippen molar-refractivity contribution in [2.45, 2.75) is 0 Å². The zero-order chi connectivity index (χ0) is 11.5. The molecule has 0 aliphatic heterocycles. The third-order valence-electron chi connectivity index (χ3n) is 1.85. The molecule has 16 heavy (non-hydrogen) atoms. The molecule has 0 saturated heterocycles. The smallest absolute Gasteiger partial charge is 0.221 e. The van der Waals surface area contributed by atoms with Crippen LogP contribution >= 0.6 is 23.2 Å². The Morgan fingerprint density at radius 3 is 2.62 bits per heavy atom. The van der Waals surface area contributed by atoms with Gasteiger partial charge in [0.15, 0.2) is 0 Å². The molecule has 0 saturated carbocycles. The van der Waals surface area contributed by atoms with Gasteiger partial charge in [0, 0.05) is 11.1 Å². The Labute approximate surface area is 103 Å². The summed E-state index contributed by atoms with van der Waals surface area (Å²) in [5, 5.41) is 0.981. The molecule has 0 atom stereocenters. The molecule has 0 aliphatic rings. The highest BCUT2D eigenvalue weighted by Gasteiger charge is 2.04. The largest absolute Gasteiger partial charge is 0.437 e. The molecule has 1 heterocycles. The lowest BCUT2D eigenvalue weighted by molar-refractivity contribution is 0.464. The van der Waals surface area contributed by atoms with Gasteiger partial charge in [0.25, 0.3) is 0 Å². The van der Waals surface area contributed by atoms with E-state index >= 15 is 0 Å². The van der Waals surface area contributed by atoms with E-state index in [0.717, 1.165) is 0 Å². The highest BCUT2D eigenvalue weighted by atomic mass is 35.5. The van der Waals surface area contributed by atoms with Gasteiger partial charge in [-0.2, -0.15) is 4.98 Å². The molecule has 1 aromatic carbocycles. The zero-order valence-corrected chi connectivity index (χ0v) is 9.66. The van der Waals surface area contributed by atoms with Gasteiger partial charge in [0.2, 0.25) is 5.88 Å². The number of aromatic nitrogens is 1. The van der Waals surface area contributed by atoms with Crippen LogP contribution in [0.5, 0.6) is 11.6 Å². The van der Waals surface area contributed by atoms with E-state index in [1.54, 1.807) is 36.4 Å². The number of rotatable bonds is 2. The normalized spacial score (nSPS) is 10.1. The Bertz CT molecular complexity index is 517. The molecule has 0 spiro atoms. The molecule has 3 nitrogen and oxygen atoms in total. The Hall–Kier alpha value is -1.45. The lowest BCUT2D eigenvalue weighted by Gasteiger charge is -2.06. The van der Waals surface area contributed by atoms with E-state index < -0.39 is 0 Å². The monoisotopic (exact) mass is 254 g/mol. The molecule has 0 aliphatic carbocycles. The Morgan fingerprint density at radius 2 is 1.94 bits per heavy atom. The van der Waals surface area contributed by atoms with Gasteiger partial charge in [0.05, 0.1) is 5.02 Å². The maximum Gasteiger partial charge on any atom is 0.221 e. The third kappa shape index (κ3) is 2.56. The summed E-state index contributed by atoms with van der Waals surface area (Å²) in [6.45, 7) is 0. The van der Waals surface area contributed by atoms with Gasteiger partial charge >= 0.3 is 0 Å². The molecule has 5 heteroatoms. The van der Waals surface area contributed by atoms with Crippen LogP contribution in [0.25, 0.3) is 0 Å². The van der Waals surface area contributed by atoms with E-state index in [-0.39, 0.29) is 0 Å². The second-order valence-electron chi connectivity index (χ2n) is 3.08. The average molecular weight is 255 g/mol. The average Bonchev–Trinajstić information content (AvgIpc) is 2.22. The summed E-state index contributed by atoms with van der Waals surface area (Å²) in [4.78, 5) is 4.00. The van der Waals surface area contributed by atoms with Crippen LogP contribution in [0.15, 0.2) is 36.4 Å². The lowest BCUT2D eigenvalue weighted by atomic mass is 10.3. The Kier molecular flexibility index (Phi) is 3.17. The number of hydrogen-bond donors (Lipinski definition) is 1. The topological polar surface area (TPSA) is 48.1 Å². The van der Waals surface area contributed by atoms with E-state index in [9.17, 15) is 0 Å². The van der Waals surface area contributed by atoms with Crippen molar-refractivity contribution in [2.75, 3.05) is 5.73 Å². The fraction of sp³-hybridized carbons (Fsp3) is 0. The van der Waals surface area contributed by atoms with Gasteiger partial charge in [-0.05, 0) is 24.3 Å². The van der Waals surface area contributed by atoms with Crippen molar-refractivity contribution in [3.8, 4) is 11.6 Å². The predicted octanol–water partition coefficient (Wildman–Crippen LogP) is 3.76. The van der Waals surface area contributed by atoms with Crippen molar-refractivity contribution in [2.24, 2.45) is 0 Å². The van der Waals surface area contributed by atoms with Crippen LogP contribution in [0.2, 0.25) is 10.0 Å². The lowest BCUT2D eigenvalue weighted by Crippen LogP contribution is -1.93. The quantitative estimate of drug-likeness (QED) is 0.888. The number of hydrogen-bond acceptors (Lipinski definition) is 3. The van der Waals surface area contributed by atoms with Gasteiger partial charge in [-0.3, -0.25) is 0 Å². The molecule has 0 fully saturated rings. The molecule has 0 radical (unpaired) electrons. The van der Waals surface area contributed by atoms with Crippen molar-refractivity contribution >= 4 is 29.0 Å². The molecule has 82 valence electrons. The summed E-state index contributed by atoms with van der Waals surface area (Å²) in [5.41, 5.74) is 5.53. The van der Waals surface area contributed by atoms with Gasteiger partial charge in [-0.15, -0.1) is 0 Å². The van der Waals surface area contributed by atoms with E-state index in [0.29, 0.717) is 27.5 Å². The van der Waals surface area contributed by atoms with Crippen LogP contribution in [0.3, 0.4) is 0 Å². The molecule has 0 bridgehead atoms. The molecule has 0 unspecified atom stereocenters. The van der Waals surface area contributed by atoms with Gasteiger partial charge in [-0.25, -0.2) is 0 Å². The summed E-state index contributed by atoms with van der Waals surface area (Å²) in [5.74, 6) is 1.27. The van der Waals surface area contributed by atoms with E-state index in [2.05, 4.69) is 4.98 Å². The number of anilines is 1. The maximum atomic E-state index is 5.95. The minimum absolute atomic E-state index is 0.391. The van der Waals surface area contributed by atoms with Crippen LogP contribution in [0.1, 0.15) is 0 Å². The highest BCUT2D eigenvalue weighted by molar-refractivity contribution is 6.35. The van der Waals surface area contributed by atoms with Crippen molar-refractivity contribution in [1.29, 1.82) is 0 Å². The first-order chi connectivity index (χ1) is 7.65. The molecular formula is C11H8Cl2N2O. The number of ether oxygens (including phenoxy) is 1. The maximum absolute atomic E-state index is 5.95. The second-order valence-corrected chi connectivity index (χ2v) is 3.92. The number of benzene rings is 1. The number of nitrogens with zero attached hydrogens (tertiary/aromatic N) is 1. The summed E-state index contributed by atoms with van der Waals surface area (Å²) in [6, 6.07) is 10.1. The fourth-order valence-electron chi connectivity index (χ4n) is 1.16. The van der Waals surface area contributed by atoms with Crippen LogP contribution in [-0.4, -0.2) is 4.98 Å². The molecule has 2 N–H and O–H groups in total. The highest BCUT2D eigenvalue weighted by Crippen LogP contribution is 2.30. The molecule has 2 aromatic rings. The summed E-state index contributed by atoms with van der Waals surface area (Å²) >= 11 is 11.7. The zero-order valence-electron chi connectivity index (χ0n) is 8.15.